The van der Waals surface area contributed by atoms with E-state index in [1.807, 2.05) is 0 Å². The maximum absolute atomic E-state index is 14.5. The van der Waals surface area contributed by atoms with Crippen LogP contribution in [0.25, 0.3) is 0 Å². The number of nitrogens with two attached hydrogens (primary N) is 1. The van der Waals surface area contributed by atoms with Crippen molar-refractivity contribution in [1.82, 2.24) is 15.0 Å². The Morgan fingerprint density at radius 3 is 1.57 bits per heavy atom. The molecule has 0 unspecified atom stereocenters. The van der Waals surface area contributed by atoms with E-state index in [0.29, 0.717) is 6.07 Å². The van der Waals surface area contributed by atoms with Gasteiger partial charge in [-0.3, -0.25) is 18.2 Å². The Morgan fingerprint density at radius 2 is 1.01 bits per heavy atom. The van der Waals surface area contributed by atoms with Crippen LogP contribution in [0.2, 0.25) is 0 Å². The molecule has 0 fully saturated rings. The molecule has 0 aliphatic heterocycles. The first kappa shape index (κ1) is 51.7. The topological polar surface area (TPSA) is 463 Å². The standard InChI is InChI=1S/C31H29FN10O19S6/c32-29-36-30(34-17-1-4-19(5-2-17)62(44,45)11-9-60-66(54,55)56)38-31(37-29)35-18-3-8-27(64(48,49)50)25(13-18)42-40-23-16-24(26(43)15-21(23)33)41-39-22-7-6-20(14-28(22)65(51,52)53)63(46,47)12-10-61-67(57,58)59/h1-8,13-16,43H,9-12,33H2,(H,48,49,50)(H,51,52,53)(H,54,55,56)(H,57,58,59)(H2,34,35,36,37,38). The molecule has 36 heteroatoms. The molecule has 5 aromatic rings. The Balaban J connectivity index is 1.39. The van der Waals surface area contributed by atoms with Gasteiger partial charge in [-0.2, -0.15) is 53.0 Å². The highest BCUT2D eigenvalue weighted by molar-refractivity contribution is 7.92. The van der Waals surface area contributed by atoms with Gasteiger partial charge < -0.3 is 21.5 Å². The summed E-state index contributed by atoms with van der Waals surface area (Å²) >= 11 is 0. The van der Waals surface area contributed by atoms with E-state index < -0.39 is 141 Å². The van der Waals surface area contributed by atoms with Crippen molar-refractivity contribution in [2.24, 2.45) is 20.5 Å². The molecule has 67 heavy (non-hydrogen) atoms. The summed E-state index contributed by atoms with van der Waals surface area (Å²) in [5, 5.41) is 30.6. The van der Waals surface area contributed by atoms with Crippen LogP contribution in [-0.4, -0.2) is 113 Å². The van der Waals surface area contributed by atoms with Gasteiger partial charge in [0.1, 0.15) is 38.3 Å². The first-order valence-electron chi connectivity index (χ1n) is 17.3. The molecule has 0 spiro atoms. The smallest absolute Gasteiger partial charge is 0.397 e. The number of phenolic OH excluding ortho intramolecular Hbond substituents is 1. The minimum absolute atomic E-state index is 0.0986. The molecule has 0 atom stereocenters. The summed E-state index contributed by atoms with van der Waals surface area (Å²) in [7, 11) is -28.7. The van der Waals surface area contributed by atoms with Crippen LogP contribution in [0.1, 0.15) is 0 Å². The molecule has 0 aliphatic carbocycles. The Morgan fingerprint density at radius 1 is 0.537 bits per heavy atom. The van der Waals surface area contributed by atoms with Crippen LogP contribution in [0.15, 0.2) is 113 Å². The molecular weight excluding hydrogens is 1030 g/mol. The van der Waals surface area contributed by atoms with Gasteiger partial charge in [-0.05, 0) is 66.7 Å². The Kier molecular flexibility index (Phi) is 15.3. The van der Waals surface area contributed by atoms with Crippen LogP contribution in [0.3, 0.4) is 0 Å². The number of nitrogens with one attached hydrogen (secondary N) is 2. The van der Waals surface area contributed by atoms with Gasteiger partial charge in [-0.1, -0.05) is 0 Å². The molecule has 29 nitrogen and oxygen atoms in total. The van der Waals surface area contributed by atoms with Gasteiger partial charge >= 0.3 is 26.9 Å². The quantitative estimate of drug-likeness (QED) is 0.0315. The number of aromatic hydroxyl groups is 1. The molecule has 0 aliphatic rings. The number of nitrogen functional groups attached to an aromatic ring is 1. The van der Waals surface area contributed by atoms with Gasteiger partial charge in [0, 0.05) is 17.4 Å². The molecule has 0 amide bonds. The number of phenols is 1. The zero-order valence-electron chi connectivity index (χ0n) is 32.7. The van der Waals surface area contributed by atoms with E-state index in [2.05, 4.69) is 54.4 Å². The SMILES string of the molecule is Nc1cc(O)c(N=Nc2ccc(S(=O)(=O)CCOS(=O)(=O)O)cc2S(=O)(=O)O)cc1N=Nc1cc(Nc2nc(F)nc(Nc3ccc(S(=O)(=O)CCOS(=O)(=O)O)cc3)n2)ccc1S(=O)(=O)O. The second-order valence-corrected chi connectivity index (χ2v) is 21.9. The predicted molar refractivity (Wildman–Crippen MR) is 225 cm³/mol. The third-order valence-electron chi connectivity index (χ3n) is 7.96. The van der Waals surface area contributed by atoms with Crippen LogP contribution in [0.4, 0.5) is 56.1 Å². The summed E-state index contributed by atoms with van der Waals surface area (Å²) < 4.78 is 202. The van der Waals surface area contributed by atoms with Gasteiger partial charge in [0.25, 0.3) is 20.2 Å². The Bertz CT molecular complexity index is 3490. The average molecular weight is 1060 g/mol. The molecule has 0 saturated carbocycles. The minimum Gasteiger partial charge on any atom is -0.506 e. The van der Waals surface area contributed by atoms with Crippen molar-refractivity contribution in [3.05, 3.63) is 78.9 Å². The molecule has 4 aromatic carbocycles. The highest BCUT2D eigenvalue weighted by atomic mass is 32.3. The third-order valence-corrected chi connectivity index (χ3v) is 14.0. The van der Waals surface area contributed by atoms with Crippen LogP contribution >= 0.6 is 0 Å². The number of anilines is 5. The van der Waals surface area contributed by atoms with Crippen molar-refractivity contribution in [3.8, 4) is 5.75 Å². The lowest BCUT2D eigenvalue weighted by molar-refractivity contribution is 0.282. The van der Waals surface area contributed by atoms with Crippen molar-refractivity contribution in [3.63, 3.8) is 0 Å². The fourth-order valence-electron chi connectivity index (χ4n) is 5.03. The molecular formula is C31H29FN10O19S6. The molecule has 0 radical (unpaired) electrons. The number of benzene rings is 4. The van der Waals surface area contributed by atoms with E-state index in [9.17, 15) is 69.1 Å². The van der Waals surface area contributed by atoms with Gasteiger partial charge in [0.05, 0.1) is 40.2 Å². The zero-order valence-corrected chi connectivity index (χ0v) is 37.6. The van der Waals surface area contributed by atoms with Crippen LogP contribution in [0.5, 0.6) is 5.75 Å². The number of aromatic nitrogens is 3. The monoisotopic (exact) mass is 1060 g/mol. The van der Waals surface area contributed by atoms with E-state index in [1.54, 1.807) is 0 Å². The first-order valence-corrected chi connectivity index (χ1v) is 26.2. The molecule has 9 N–H and O–H groups in total. The second-order valence-electron chi connectivity index (χ2n) is 12.7. The molecule has 1 aromatic heterocycles. The Labute approximate surface area is 377 Å². The van der Waals surface area contributed by atoms with E-state index in [-0.39, 0.29) is 27.6 Å². The highest BCUT2D eigenvalue weighted by Crippen LogP contribution is 2.39. The van der Waals surface area contributed by atoms with E-state index in [0.717, 1.165) is 54.6 Å². The molecule has 360 valence electrons. The Hall–Kier alpha value is -6.32. The van der Waals surface area contributed by atoms with Crippen molar-refractivity contribution in [2.75, 3.05) is 41.1 Å². The van der Waals surface area contributed by atoms with Crippen LogP contribution in [-0.2, 0) is 69.1 Å². The normalized spacial score (nSPS) is 13.0. The first-order chi connectivity index (χ1) is 30.9. The summed E-state index contributed by atoms with van der Waals surface area (Å²) in [4.78, 5) is 8.01. The minimum atomic E-state index is -5.24. The van der Waals surface area contributed by atoms with Crippen LogP contribution in [0, 0.1) is 6.08 Å². The summed E-state index contributed by atoms with van der Waals surface area (Å²) in [6.07, 6.45) is -1.34. The van der Waals surface area contributed by atoms with E-state index in [1.165, 1.54) is 12.1 Å². The summed E-state index contributed by atoms with van der Waals surface area (Å²) in [6.45, 7) is -1.93. The molecule has 0 saturated heterocycles. The number of hydrogen-bond donors (Lipinski definition) is 8. The lowest BCUT2D eigenvalue weighted by Crippen LogP contribution is -2.16. The van der Waals surface area contributed by atoms with Gasteiger partial charge in [-0.25, -0.2) is 25.2 Å². The predicted octanol–water partition coefficient (Wildman–Crippen LogP) is 3.30. The summed E-state index contributed by atoms with van der Waals surface area (Å²) in [6, 6.07) is 11.4. The number of hydrogen-bond acceptors (Lipinski definition) is 25. The van der Waals surface area contributed by atoms with Gasteiger partial charge in [0.15, 0.2) is 19.7 Å². The van der Waals surface area contributed by atoms with Gasteiger partial charge in [-0.15, -0.1) is 20.5 Å². The molecule has 5 rings (SSSR count). The van der Waals surface area contributed by atoms with Crippen molar-refractivity contribution >= 4 is 112 Å². The second kappa shape index (κ2) is 19.9. The average Bonchev–Trinajstić information content (AvgIpc) is 3.18. The van der Waals surface area contributed by atoms with E-state index in [4.69, 9.17) is 14.8 Å². The number of halogens is 1. The summed E-state index contributed by atoms with van der Waals surface area (Å²) in [5.74, 6) is -3.51. The molecule has 1 heterocycles. The largest absolute Gasteiger partial charge is 0.506 e. The van der Waals surface area contributed by atoms with Gasteiger partial charge in [0.2, 0.25) is 11.9 Å². The zero-order chi connectivity index (χ0) is 49.8. The lowest BCUT2D eigenvalue weighted by Gasteiger charge is -2.10. The van der Waals surface area contributed by atoms with E-state index >= 15 is 0 Å². The fourth-order valence-corrected chi connectivity index (χ4v) is 9.36. The van der Waals surface area contributed by atoms with Crippen molar-refractivity contribution in [2.45, 2.75) is 19.6 Å². The highest BCUT2D eigenvalue weighted by Gasteiger charge is 2.24. The summed E-state index contributed by atoms with van der Waals surface area (Å²) in [5.41, 5.74) is 3.49. The fraction of sp³-hybridized carbons (Fsp3) is 0.129. The van der Waals surface area contributed by atoms with Crippen molar-refractivity contribution in [1.29, 1.82) is 0 Å². The number of nitrogens with zero attached hydrogens (tertiary/aromatic N) is 7. The molecule has 0 bridgehead atoms. The maximum Gasteiger partial charge on any atom is 0.397 e. The van der Waals surface area contributed by atoms with Crippen molar-refractivity contribution < 1.29 is 86.6 Å². The maximum atomic E-state index is 14.5. The lowest BCUT2D eigenvalue weighted by atomic mass is 10.2. The van der Waals surface area contributed by atoms with Crippen LogP contribution < -0.4 is 16.4 Å². The number of sulfone groups is 2. The third kappa shape index (κ3) is 14.8. The number of rotatable bonds is 20. The number of azo groups is 2.